The Balaban J connectivity index is 1.82. The zero-order valence-electron chi connectivity index (χ0n) is 10.7. The summed E-state index contributed by atoms with van der Waals surface area (Å²) in [6, 6.07) is 9.41. The number of allylic oxidation sites excluding steroid dienone is 2. The minimum atomic E-state index is -0.152. The van der Waals surface area contributed by atoms with E-state index >= 15 is 0 Å². The zero-order chi connectivity index (χ0) is 12.8. The second kappa shape index (κ2) is 3.84. The molecule has 0 heterocycles. The van der Waals surface area contributed by atoms with Gasteiger partial charge in [0, 0.05) is 11.5 Å². The number of benzene rings is 1. The van der Waals surface area contributed by atoms with Crippen LogP contribution in [-0.4, -0.2) is 11.4 Å². The smallest absolute Gasteiger partial charge is 0.251 e. The predicted octanol–water partition coefficient (Wildman–Crippen LogP) is 3.08. The maximum atomic E-state index is 12.2. The molecule has 2 bridgehead atoms. The first-order valence-corrected chi connectivity index (χ1v) is 6.38. The first kappa shape index (κ1) is 11.3. The molecule has 3 aliphatic carbocycles. The van der Waals surface area contributed by atoms with Crippen LogP contribution in [0.5, 0.6) is 0 Å². The van der Waals surface area contributed by atoms with Crippen LogP contribution in [0.1, 0.15) is 30.6 Å². The number of hydrogen-bond donors (Lipinski definition) is 1. The first-order valence-electron chi connectivity index (χ1n) is 6.38. The summed E-state index contributed by atoms with van der Waals surface area (Å²) in [6.07, 6.45) is 5.40. The fourth-order valence-corrected chi connectivity index (χ4v) is 3.00. The van der Waals surface area contributed by atoms with Gasteiger partial charge in [-0.3, -0.25) is 4.79 Å². The van der Waals surface area contributed by atoms with Gasteiger partial charge in [-0.2, -0.15) is 0 Å². The summed E-state index contributed by atoms with van der Waals surface area (Å²) < 4.78 is 0. The molecule has 0 saturated heterocycles. The predicted molar refractivity (Wildman–Crippen MR) is 72.3 cm³/mol. The van der Waals surface area contributed by atoms with E-state index in [9.17, 15) is 4.79 Å². The molecular weight excluding hydrogens is 222 g/mol. The van der Waals surface area contributed by atoms with Gasteiger partial charge in [0.1, 0.15) is 0 Å². The lowest BCUT2D eigenvalue weighted by Crippen LogP contribution is -2.60. The lowest BCUT2D eigenvalue weighted by atomic mass is 9.60. The molecule has 0 aromatic heterocycles. The van der Waals surface area contributed by atoms with E-state index in [0.29, 0.717) is 5.92 Å². The van der Waals surface area contributed by atoms with Crippen molar-refractivity contribution in [2.75, 3.05) is 0 Å². The number of carbonyl (C=O) groups excluding carboxylic acids is 1. The molecular formula is C16H17NO. The van der Waals surface area contributed by atoms with Crippen LogP contribution in [0, 0.1) is 5.92 Å². The van der Waals surface area contributed by atoms with Crippen molar-refractivity contribution in [1.29, 1.82) is 0 Å². The minimum Gasteiger partial charge on any atom is -0.342 e. The summed E-state index contributed by atoms with van der Waals surface area (Å²) in [7, 11) is 0. The van der Waals surface area contributed by atoms with Gasteiger partial charge in [0.15, 0.2) is 0 Å². The highest BCUT2D eigenvalue weighted by Gasteiger charge is 2.49. The number of rotatable bonds is 2. The Morgan fingerprint density at radius 2 is 2.06 bits per heavy atom. The van der Waals surface area contributed by atoms with Gasteiger partial charge in [-0.05, 0) is 25.5 Å². The van der Waals surface area contributed by atoms with E-state index in [4.69, 9.17) is 0 Å². The molecule has 2 nitrogen and oxygen atoms in total. The molecule has 0 aliphatic heterocycles. The van der Waals surface area contributed by atoms with Crippen molar-refractivity contribution in [2.24, 2.45) is 5.92 Å². The third-order valence-electron chi connectivity index (χ3n) is 4.11. The molecule has 3 aliphatic rings. The SMILES string of the molecule is CC1=CC2(NC(=O)c3ccccc3)CC(=C1)C2C. The highest BCUT2D eigenvalue weighted by atomic mass is 16.1. The van der Waals surface area contributed by atoms with Crippen LogP contribution < -0.4 is 5.32 Å². The van der Waals surface area contributed by atoms with Crippen LogP contribution in [0.15, 0.2) is 53.6 Å². The Morgan fingerprint density at radius 1 is 1.33 bits per heavy atom. The van der Waals surface area contributed by atoms with Gasteiger partial charge < -0.3 is 5.32 Å². The van der Waals surface area contributed by atoms with Crippen LogP contribution in [0.25, 0.3) is 0 Å². The van der Waals surface area contributed by atoms with Crippen molar-refractivity contribution >= 4 is 5.91 Å². The molecule has 0 radical (unpaired) electrons. The third-order valence-corrected chi connectivity index (χ3v) is 4.11. The Bertz CT molecular complexity index is 556. The van der Waals surface area contributed by atoms with Gasteiger partial charge in [0.05, 0.1) is 5.54 Å². The standard InChI is InChI=1S/C16H17NO/c1-11-8-14-10-16(9-11,12(14)2)17-15(18)13-6-4-3-5-7-13/h3-9,12H,10H2,1-2H3,(H,17,18). The maximum absolute atomic E-state index is 12.2. The number of nitrogens with one attached hydrogen (secondary N) is 1. The second-order valence-electron chi connectivity index (χ2n) is 5.37. The summed E-state index contributed by atoms with van der Waals surface area (Å²) >= 11 is 0. The average molecular weight is 239 g/mol. The van der Waals surface area contributed by atoms with Crippen molar-refractivity contribution < 1.29 is 4.79 Å². The van der Waals surface area contributed by atoms with Crippen LogP contribution in [-0.2, 0) is 0 Å². The summed E-state index contributed by atoms with van der Waals surface area (Å²) in [5, 5.41) is 3.20. The minimum absolute atomic E-state index is 0.0208. The molecule has 1 N–H and O–H groups in total. The van der Waals surface area contributed by atoms with Gasteiger partial charge in [-0.15, -0.1) is 0 Å². The van der Waals surface area contributed by atoms with E-state index in [-0.39, 0.29) is 11.4 Å². The second-order valence-corrected chi connectivity index (χ2v) is 5.37. The van der Waals surface area contributed by atoms with E-state index in [1.54, 1.807) is 0 Å². The Kier molecular flexibility index (Phi) is 2.40. The largest absolute Gasteiger partial charge is 0.342 e. The van der Waals surface area contributed by atoms with Crippen molar-refractivity contribution in [3.8, 4) is 0 Å². The molecule has 1 aromatic rings. The van der Waals surface area contributed by atoms with Crippen LogP contribution in [0.3, 0.4) is 0 Å². The van der Waals surface area contributed by atoms with Crippen LogP contribution in [0.2, 0.25) is 0 Å². The van der Waals surface area contributed by atoms with E-state index in [0.717, 1.165) is 12.0 Å². The zero-order valence-corrected chi connectivity index (χ0v) is 10.7. The summed E-state index contributed by atoms with van der Waals surface area (Å²) in [6.45, 7) is 4.28. The number of carbonyl (C=O) groups is 1. The molecule has 2 atom stereocenters. The lowest BCUT2D eigenvalue weighted by molar-refractivity contribution is 0.0863. The topological polar surface area (TPSA) is 29.1 Å². The molecule has 18 heavy (non-hydrogen) atoms. The molecule has 1 aromatic carbocycles. The molecule has 1 fully saturated rings. The molecule has 1 amide bonds. The molecule has 4 rings (SSSR count). The molecule has 2 heteroatoms. The van der Waals surface area contributed by atoms with Crippen LogP contribution in [0.4, 0.5) is 0 Å². The molecule has 0 spiro atoms. The van der Waals surface area contributed by atoms with Gasteiger partial charge in [-0.1, -0.05) is 48.4 Å². The Hall–Kier alpha value is -1.83. The third kappa shape index (κ3) is 1.60. The van der Waals surface area contributed by atoms with Gasteiger partial charge in [0.2, 0.25) is 0 Å². The quantitative estimate of drug-likeness (QED) is 0.844. The fraction of sp³-hybridized carbons (Fsp3) is 0.312. The van der Waals surface area contributed by atoms with E-state index in [1.807, 2.05) is 30.3 Å². The number of amides is 1. The Morgan fingerprint density at radius 3 is 2.72 bits per heavy atom. The van der Waals surface area contributed by atoms with Gasteiger partial charge >= 0.3 is 0 Å². The highest BCUT2D eigenvalue weighted by Crippen LogP contribution is 2.48. The maximum Gasteiger partial charge on any atom is 0.251 e. The molecule has 92 valence electrons. The van der Waals surface area contributed by atoms with Gasteiger partial charge in [0.25, 0.3) is 5.91 Å². The highest BCUT2D eigenvalue weighted by molar-refractivity contribution is 5.95. The lowest BCUT2D eigenvalue weighted by Gasteiger charge is -2.51. The number of hydrogen-bond acceptors (Lipinski definition) is 1. The summed E-state index contributed by atoms with van der Waals surface area (Å²) in [5.74, 6) is 0.446. The van der Waals surface area contributed by atoms with Gasteiger partial charge in [-0.25, -0.2) is 0 Å². The van der Waals surface area contributed by atoms with Crippen molar-refractivity contribution in [3.05, 3.63) is 59.2 Å². The Labute approximate surface area is 107 Å². The van der Waals surface area contributed by atoms with Crippen molar-refractivity contribution in [3.63, 3.8) is 0 Å². The van der Waals surface area contributed by atoms with E-state index in [1.165, 1.54) is 11.1 Å². The van der Waals surface area contributed by atoms with Crippen molar-refractivity contribution in [1.82, 2.24) is 5.32 Å². The number of fused-ring (bicyclic) bond motifs is 1. The van der Waals surface area contributed by atoms with Crippen molar-refractivity contribution in [2.45, 2.75) is 25.8 Å². The first-order chi connectivity index (χ1) is 8.61. The average Bonchev–Trinajstić information content (AvgIpc) is 2.38. The normalized spacial score (nSPS) is 28.9. The molecule has 2 unspecified atom stereocenters. The monoisotopic (exact) mass is 239 g/mol. The summed E-state index contributed by atoms with van der Waals surface area (Å²) in [4.78, 5) is 12.2. The summed E-state index contributed by atoms with van der Waals surface area (Å²) in [5.41, 5.74) is 3.28. The van der Waals surface area contributed by atoms with E-state index < -0.39 is 0 Å². The molecule has 1 saturated carbocycles. The van der Waals surface area contributed by atoms with E-state index in [2.05, 4.69) is 31.3 Å². The van der Waals surface area contributed by atoms with Crippen LogP contribution >= 0.6 is 0 Å². The fourth-order valence-electron chi connectivity index (χ4n) is 3.00.